The summed E-state index contributed by atoms with van der Waals surface area (Å²) in [5.41, 5.74) is -1.08. The van der Waals surface area contributed by atoms with E-state index < -0.39 is 17.9 Å². The number of halogens is 3. The lowest BCUT2D eigenvalue weighted by molar-refractivity contribution is -0.142. The van der Waals surface area contributed by atoms with Crippen molar-refractivity contribution in [3.8, 4) is 0 Å². The zero-order chi connectivity index (χ0) is 18.9. The fraction of sp³-hybridized carbons (Fsp3) is 0.688. The largest absolute Gasteiger partial charge is 0.435 e. The number of hydrogen-bond donors (Lipinski definition) is 1. The van der Waals surface area contributed by atoms with Gasteiger partial charge in [0.2, 0.25) is 5.91 Å². The van der Waals surface area contributed by atoms with Crippen LogP contribution in [-0.4, -0.2) is 57.7 Å². The van der Waals surface area contributed by atoms with E-state index >= 15 is 0 Å². The molecule has 3 heterocycles. The van der Waals surface area contributed by atoms with Gasteiger partial charge in [0.15, 0.2) is 5.69 Å². The summed E-state index contributed by atoms with van der Waals surface area (Å²) >= 11 is 0. The van der Waals surface area contributed by atoms with Gasteiger partial charge in [-0.3, -0.25) is 9.48 Å². The van der Waals surface area contributed by atoms with Crippen molar-refractivity contribution < 1.29 is 22.8 Å². The highest BCUT2D eigenvalue weighted by Gasteiger charge is 2.37. The summed E-state index contributed by atoms with van der Waals surface area (Å²) in [6, 6.07) is -0.460. The Labute approximate surface area is 149 Å². The highest BCUT2D eigenvalue weighted by Crippen LogP contribution is 2.30. The number of urea groups is 1. The van der Waals surface area contributed by atoms with Crippen LogP contribution in [0.2, 0.25) is 0 Å². The van der Waals surface area contributed by atoms with Crippen molar-refractivity contribution in [3.05, 3.63) is 17.5 Å². The Balaban J connectivity index is 1.54. The Hall–Kier alpha value is -2.26. The van der Waals surface area contributed by atoms with Crippen molar-refractivity contribution in [3.63, 3.8) is 0 Å². The van der Waals surface area contributed by atoms with Crippen LogP contribution >= 0.6 is 0 Å². The summed E-state index contributed by atoms with van der Waals surface area (Å²) in [7, 11) is 1.40. The molecule has 2 aliphatic rings. The van der Waals surface area contributed by atoms with E-state index in [9.17, 15) is 22.8 Å². The molecule has 0 aliphatic carbocycles. The first-order valence-electron chi connectivity index (χ1n) is 8.67. The topological polar surface area (TPSA) is 70.5 Å². The number of aromatic nitrogens is 2. The number of carbonyl (C=O) groups is 2. The molecule has 26 heavy (non-hydrogen) atoms. The van der Waals surface area contributed by atoms with Crippen molar-refractivity contribution in [1.29, 1.82) is 0 Å². The first-order valence-corrected chi connectivity index (χ1v) is 8.67. The van der Waals surface area contributed by atoms with E-state index in [4.69, 9.17) is 0 Å². The number of amides is 3. The number of likely N-dealkylation sites (tertiary alicyclic amines) is 2. The van der Waals surface area contributed by atoms with Crippen LogP contribution in [0.1, 0.15) is 30.5 Å². The van der Waals surface area contributed by atoms with Crippen LogP contribution < -0.4 is 5.32 Å². The van der Waals surface area contributed by atoms with Gasteiger partial charge in [-0.25, -0.2) is 4.79 Å². The third-order valence-electron chi connectivity index (χ3n) is 4.85. The second-order valence-corrected chi connectivity index (χ2v) is 6.80. The molecule has 2 saturated heterocycles. The maximum absolute atomic E-state index is 12.9. The summed E-state index contributed by atoms with van der Waals surface area (Å²) in [5.74, 6) is -0.146. The van der Waals surface area contributed by atoms with Crippen LogP contribution in [-0.2, 0) is 24.6 Å². The number of nitrogens with zero attached hydrogens (tertiary/aromatic N) is 4. The van der Waals surface area contributed by atoms with Crippen LogP contribution in [0.4, 0.5) is 18.0 Å². The molecule has 0 aromatic carbocycles. The lowest BCUT2D eigenvalue weighted by Gasteiger charge is -2.21. The van der Waals surface area contributed by atoms with Crippen molar-refractivity contribution in [2.75, 3.05) is 26.2 Å². The van der Waals surface area contributed by atoms with Crippen LogP contribution in [0, 0.1) is 5.92 Å². The zero-order valence-electron chi connectivity index (χ0n) is 14.6. The second-order valence-electron chi connectivity index (χ2n) is 6.80. The molecule has 1 atom stereocenters. The van der Waals surface area contributed by atoms with Gasteiger partial charge in [0.05, 0.1) is 5.92 Å². The van der Waals surface area contributed by atoms with E-state index in [1.807, 2.05) is 4.90 Å². The normalized spacial score (nSPS) is 20.7. The molecular weight excluding hydrogens is 351 g/mol. The molecule has 1 aromatic rings. The Bertz CT molecular complexity index is 682. The fourth-order valence-corrected chi connectivity index (χ4v) is 3.53. The molecule has 1 aromatic heterocycles. The molecule has 0 bridgehead atoms. The van der Waals surface area contributed by atoms with E-state index in [2.05, 4.69) is 10.4 Å². The SMILES string of the molecule is Cn1cc(CNC(=O)N2CCC(C(=O)N3CCCC3)C2)c(C(F)(F)F)n1. The van der Waals surface area contributed by atoms with Gasteiger partial charge in [0.1, 0.15) is 0 Å². The highest BCUT2D eigenvalue weighted by atomic mass is 19.4. The molecule has 1 unspecified atom stereocenters. The van der Waals surface area contributed by atoms with Crippen LogP contribution in [0.5, 0.6) is 0 Å². The van der Waals surface area contributed by atoms with Gasteiger partial charge in [-0.1, -0.05) is 0 Å². The fourth-order valence-electron chi connectivity index (χ4n) is 3.53. The van der Waals surface area contributed by atoms with Crippen molar-refractivity contribution >= 4 is 11.9 Å². The summed E-state index contributed by atoms with van der Waals surface area (Å²) in [6.45, 7) is 2.00. The molecule has 1 N–H and O–H groups in total. The smallest absolute Gasteiger partial charge is 0.342 e. The van der Waals surface area contributed by atoms with Gasteiger partial charge in [-0.05, 0) is 19.3 Å². The standard InChI is InChI=1S/C16H22F3N5O2/c1-22-9-12(13(21-22)16(17,18)19)8-20-15(26)24-7-4-11(10-24)14(25)23-5-2-3-6-23/h9,11H,2-8,10H2,1H3,(H,20,26). The summed E-state index contributed by atoms with van der Waals surface area (Å²) in [6.07, 6.45) is -0.719. The minimum absolute atomic E-state index is 0.0735. The lowest BCUT2D eigenvalue weighted by Crippen LogP contribution is -2.40. The van der Waals surface area contributed by atoms with Crippen molar-refractivity contribution in [2.45, 2.75) is 32.0 Å². The second kappa shape index (κ2) is 7.16. The number of rotatable bonds is 3. The first kappa shape index (κ1) is 18.5. The number of aryl methyl sites for hydroxylation is 1. The maximum Gasteiger partial charge on any atom is 0.435 e. The highest BCUT2D eigenvalue weighted by molar-refractivity contribution is 5.81. The maximum atomic E-state index is 12.9. The monoisotopic (exact) mass is 373 g/mol. The lowest BCUT2D eigenvalue weighted by atomic mass is 10.1. The van der Waals surface area contributed by atoms with Crippen LogP contribution in [0.25, 0.3) is 0 Å². The van der Waals surface area contributed by atoms with Crippen molar-refractivity contribution in [2.24, 2.45) is 13.0 Å². The molecule has 144 valence electrons. The summed E-state index contributed by atoms with van der Waals surface area (Å²) in [5, 5.41) is 5.92. The quantitative estimate of drug-likeness (QED) is 0.875. The van der Waals surface area contributed by atoms with Crippen molar-refractivity contribution in [1.82, 2.24) is 24.9 Å². The van der Waals surface area contributed by atoms with E-state index in [-0.39, 0.29) is 23.9 Å². The molecule has 0 radical (unpaired) electrons. The van der Waals surface area contributed by atoms with Gasteiger partial charge in [0.25, 0.3) is 0 Å². The Kier molecular flexibility index (Phi) is 5.10. The van der Waals surface area contributed by atoms with Crippen LogP contribution in [0.3, 0.4) is 0 Å². The van der Waals surface area contributed by atoms with Gasteiger partial charge in [0, 0.05) is 51.5 Å². The molecule has 0 saturated carbocycles. The number of alkyl halides is 3. The molecular formula is C16H22F3N5O2. The zero-order valence-corrected chi connectivity index (χ0v) is 14.6. The first-order chi connectivity index (χ1) is 12.3. The van der Waals surface area contributed by atoms with E-state index in [1.54, 1.807) is 0 Å². The predicted molar refractivity (Wildman–Crippen MR) is 85.9 cm³/mol. The number of carbonyl (C=O) groups excluding carboxylic acids is 2. The van der Waals surface area contributed by atoms with Gasteiger partial charge in [-0.15, -0.1) is 0 Å². The van der Waals surface area contributed by atoms with Gasteiger partial charge >= 0.3 is 12.2 Å². The Morgan fingerprint density at radius 1 is 1.23 bits per heavy atom. The van der Waals surface area contributed by atoms with Gasteiger partial charge in [-0.2, -0.15) is 18.3 Å². The third kappa shape index (κ3) is 3.94. The average Bonchev–Trinajstić information content (AvgIpc) is 3.31. The van der Waals surface area contributed by atoms with E-state index in [0.717, 1.165) is 30.6 Å². The molecule has 0 spiro atoms. The third-order valence-corrected chi connectivity index (χ3v) is 4.85. The number of hydrogen-bond acceptors (Lipinski definition) is 3. The molecule has 3 rings (SSSR count). The summed E-state index contributed by atoms with van der Waals surface area (Å²) in [4.78, 5) is 28.0. The van der Waals surface area contributed by atoms with Crippen LogP contribution in [0.15, 0.2) is 6.20 Å². The van der Waals surface area contributed by atoms with E-state index in [0.29, 0.717) is 19.5 Å². The molecule has 2 fully saturated rings. The minimum atomic E-state index is -4.57. The van der Waals surface area contributed by atoms with E-state index in [1.165, 1.54) is 18.1 Å². The Morgan fingerprint density at radius 2 is 1.92 bits per heavy atom. The molecule has 2 aliphatic heterocycles. The van der Waals surface area contributed by atoms with Gasteiger partial charge < -0.3 is 15.1 Å². The number of nitrogens with one attached hydrogen (secondary N) is 1. The molecule has 3 amide bonds. The molecule has 10 heteroatoms. The Morgan fingerprint density at radius 3 is 2.58 bits per heavy atom. The average molecular weight is 373 g/mol. The molecule has 7 nitrogen and oxygen atoms in total. The summed E-state index contributed by atoms with van der Waals surface area (Å²) < 4.78 is 39.9. The minimum Gasteiger partial charge on any atom is -0.342 e. The predicted octanol–water partition coefficient (Wildman–Crippen LogP) is 1.59.